The second kappa shape index (κ2) is 9.18. The van der Waals surface area contributed by atoms with Crippen LogP contribution in [0.5, 0.6) is 0 Å². The van der Waals surface area contributed by atoms with Gasteiger partial charge in [-0.05, 0) is 11.1 Å². The van der Waals surface area contributed by atoms with Gasteiger partial charge in [-0.2, -0.15) is 10.5 Å². The van der Waals surface area contributed by atoms with Gasteiger partial charge in [0.25, 0.3) is 0 Å². The van der Waals surface area contributed by atoms with Gasteiger partial charge in [-0.1, -0.05) is 24.3 Å². The topological polar surface area (TPSA) is 71.6 Å². The van der Waals surface area contributed by atoms with Gasteiger partial charge >= 0.3 is 0 Å². The van der Waals surface area contributed by atoms with E-state index >= 15 is 0 Å². The third-order valence-electron chi connectivity index (χ3n) is 2.48. The Balaban J connectivity index is 2.33. The molecule has 1 rings (SSSR count). The Hall–Kier alpha value is -1.88. The second-order valence-electron chi connectivity index (χ2n) is 3.99. The SMILES string of the molecule is N#CCCNCc1cccc(CNCCC#N)c1. The van der Waals surface area contributed by atoms with Crippen LogP contribution in [0.4, 0.5) is 0 Å². The average molecular weight is 242 g/mol. The van der Waals surface area contributed by atoms with E-state index in [2.05, 4.69) is 41.0 Å². The van der Waals surface area contributed by atoms with E-state index in [1.807, 2.05) is 6.07 Å². The summed E-state index contributed by atoms with van der Waals surface area (Å²) in [5.74, 6) is 0. The van der Waals surface area contributed by atoms with Crippen molar-refractivity contribution in [2.75, 3.05) is 13.1 Å². The zero-order chi connectivity index (χ0) is 13.1. The molecule has 0 unspecified atom stereocenters. The van der Waals surface area contributed by atoms with Crippen LogP contribution in [0.25, 0.3) is 0 Å². The van der Waals surface area contributed by atoms with E-state index in [9.17, 15) is 0 Å². The fraction of sp³-hybridized carbons (Fsp3) is 0.429. The van der Waals surface area contributed by atoms with Crippen molar-refractivity contribution >= 4 is 0 Å². The van der Waals surface area contributed by atoms with Crippen LogP contribution in [0.1, 0.15) is 24.0 Å². The third kappa shape index (κ3) is 6.00. The van der Waals surface area contributed by atoms with Crippen LogP contribution in [0.15, 0.2) is 24.3 Å². The number of benzene rings is 1. The number of nitrogens with zero attached hydrogens (tertiary/aromatic N) is 2. The maximum Gasteiger partial charge on any atom is 0.0635 e. The fourth-order valence-electron chi connectivity index (χ4n) is 1.60. The zero-order valence-corrected chi connectivity index (χ0v) is 10.4. The van der Waals surface area contributed by atoms with Crippen LogP contribution in [-0.4, -0.2) is 13.1 Å². The quantitative estimate of drug-likeness (QED) is 0.680. The highest BCUT2D eigenvalue weighted by Crippen LogP contribution is 2.05. The molecule has 4 nitrogen and oxygen atoms in total. The van der Waals surface area contributed by atoms with Crippen molar-refractivity contribution in [2.45, 2.75) is 25.9 Å². The highest BCUT2D eigenvalue weighted by atomic mass is 14.9. The molecule has 94 valence electrons. The first-order valence-corrected chi connectivity index (χ1v) is 6.10. The molecule has 0 bridgehead atoms. The lowest BCUT2D eigenvalue weighted by Gasteiger charge is -2.06. The molecule has 0 saturated carbocycles. The van der Waals surface area contributed by atoms with E-state index in [1.54, 1.807) is 0 Å². The Labute approximate surface area is 108 Å². The van der Waals surface area contributed by atoms with Gasteiger partial charge in [0.1, 0.15) is 0 Å². The van der Waals surface area contributed by atoms with E-state index in [4.69, 9.17) is 10.5 Å². The molecule has 0 fully saturated rings. The van der Waals surface area contributed by atoms with Crippen LogP contribution in [-0.2, 0) is 13.1 Å². The molecule has 0 aliphatic carbocycles. The Morgan fingerprint density at radius 2 is 1.39 bits per heavy atom. The minimum Gasteiger partial charge on any atom is -0.312 e. The van der Waals surface area contributed by atoms with E-state index in [-0.39, 0.29) is 0 Å². The van der Waals surface area contributed by atoms with E-state index in [0.717, 1.165) is 26.2 Å². The predicted molar refractivity (Wildman–Crippen MR) is 70.3 cm³/mol. The van der Waals surface area contributed by atoms with Gasteiger partial charge in [-0.15, -0.1) is 0 Å². The molecule has 0 heterocycles. The first-order valence-electron chi connectivity index (χ1n) is 6.10. The summed E-state index contributed by atoms with van der Waals surface area (Å²) in [4.78, 5) is 0. The summed E-state index contributed by atoms with van der Waals surface area (Å²) in [7, 11) is 0. The molecular weight excluding hydrogens is 224 g/mol. The summed E-state index contributed by atoms with van der Waals surface area (Å²) in [6.45, 7) is 3.02. The molecule has 1 aromatic carbocycles. The van der Waals surface area contributed by atoms with Crippen molar-refractivity contribution in [3.05, 3.63) is 35.4 Å². The molecule has 1 aromatic rings. The van der Waals surface area contributed by atoms with Gasteiger partial charge in [-0.3, -0.25) is 0 Å². The molecule has 0 saturated heterocycles. The molecule has 0 amide bonds. The van der Waals surface area contributed by atoms with Crippen LogP contribution in [0.2, 0.25) is 0 Å². The highest BCUT2D eigenvalue weighted by Gasteiger charge is 1.96. The van der Waals surface area contributed by atoms with Crippen LogP contribution in [0.3, 0.4) is 0 Å². The first kappa shape index (κ1) is 14.2. The van der Waals surface area contributed by atoms with Gasteiger partial charge in [0.15, 0.2) is 0 Å². The van der Waals surface area contributed by atoms with Gasteiger partial charge in [0.05, 0.1) is 12.1 Å². The maximum atomic E-state index is 8.43. The summed E-state index contributed by atoms with van der Waals surface area (Å²) in [5, 5.41) is 23.3. The van der Waals surface area contributed by atoms with Crippen LogP contribution in [0, 0.1) is 22.7 Å². The van der Waals surface area contributed by atoms with Crippen molar-refractivity contribution in [1.29, 1.82) is 10.5 Å². The molecule has 0 aliphatic heterocycles. The average Bonchev–Trinajstić information content (AvgIpc) is 2.40. The third-order valence-corrected chi connectivity index (χ3v) is 2.48. The van der Waals surface area contributed by atoms with Crippen molar-refractivity contribution < 1.29 is 0 Å². The Bertz CT molecular complexity index is 391. The smallest absolute Gasteiger partial charge is 0.0635 e. The molecular formula is C14H18N4. The van der Waals surface area contributed by atoms with Gasteiger partial charge in [0, 0.05) is 39.0 Å². The molecule has 18 heavy (non-hydrogen) atoms. The van der Waals surface area contributed by atoms with E-state index in [1.165, 1.54) is 11.1 Å². The lowest BCUT2D eigenvalue weighted by Crippen LogP contribution is -2.16. The van der Waals surface area contributed by atoms with Gasteiger partial charge in [0.2, 0.25) is 0 Å². The van der Waals surface area contributed by atoms with Crippen molar-refractivity contribution in [2.24, 2.45) is 0 Å². The summed E-state index contributed by atoms with van der Waals surface area (Å²) in [6, 6.07) is 12.5. The number of rotatable bonds is 8. The largest absolute Gasteiger partial charge is 0.312 e. The molecule has 0 aliphatic rings. The zero-order valence-electron chi connectivity index (χ0n) is 10.4. The molecule has 0 aromatic heterocycles. The number of nitrogens with one attached hydrogen (secondary N) is 2. The summed E-state index contributed by atoms with van der Waals surface area (Å²) < 4.78 is 0. The minimum absolute atomic E-state index is 0.537. The Kier molecular flexibility index (Phi) is 7.23. The molecule has 4 heteroatoms. The number of nitriles is 2. The van der Waals surface area contributed by atoms with Crippen molar-refractivity contribution in [3.8, 4) is 12.1 Å². The first-order chi connectivity index (χ1) is 8.86. The molecule has 0 radical (unpaired) electrons. The number of hydrogen-bond acceptors (Lipinski definition) is 4. The van der Waals surface area contributed by atoms with Crippen LogP contribution < -0.4 is 10.6 Å². The molecule has 2 N–H and O–H groups in total. The molecule has 0 spiro atoms. The highest BCUT2D eigenvalue weighted by molar-refractivity contribution is 5.23. The Morgan fingerprint density at radius 1 is 0.889 bits per heavy atom. The van der Waals surface area contributed by atoms with Crippen molar-refractivity contribution in [1.82, 2.24) is 10.6 Å². The van der Waals surface area contributed by atoms with E-state index in [0.29, 0.717) is 12.8 Å². The van der Waals surface area contributed by atoms with E-state index < -0.39 is 0 Å². The molecule has 0 atom stereocenters. The summed E-state index contributed by atoms with van der Waals surface area (Å²) in [5.41, 5.74) is 2.43. The van der Waals surface area contributed by atoms with Gasteiger partial charge < -0.3 is 10.6 Å². The fourth-order valence-corrected chi connectivity index (χ4v) is 1.60. The minimum atomic E-state index is 0.537. The Morgan fingerprint density at radius 3 is 1.83 bits per heavy atom. The van der Waals surface area contributed by atoms with Crippen LogP contribution >= 0.6 is 0 Å². The van der Waals surface area contributed by atoms with Gasteiger partial charge in [-0.25, -0.2) is 0 Å². The summed E-state index contributed by atoms with van der Waals surface area (Å²) >= 11 is 0. The summed E-state index contributed by atoms with van der Waals surface area (Å²) in [6.07, 6.45) is 1.07. The lowest BCUT2D eigenvalue weighted by atomic mass is 10.1. The standard InChI is InChI=1S/C14H18N4/c15-6-2-8-17-11-13-4-1-5-14(10-13)12-18-9-3-7-16/h1,4-5,10,17-18H,2-3,8-9,11-12H2. The maximum absolute atomic E-state index is 8.43. The normalized spacial score (nSPS) is 9.67. The lowest BCUT2D eigenvalue weighted by molar-refractivity contribution is 0.687. The number of hydrogen-bond donors (Lipinski definition) is 2. The monoisotopic (exact) mass is 242 g/mol. The predicted octanol–water partition coefficient (Wildman–Crippen LogP) is 1.69. The van der Waals surface area contributed by atoms with Crippen molar-refractivity contribution in [3.63, 3.8) is 0 Å². The second-order valence-corrected chi connectivity index (χ2v) is 3.99.